The molecular weight excluding hydrogens is 608 g/mol. The second-order valence-electron chi connectivity index (χ2n) is 14.0. The summed E-state index contributed by atoms with van der Waals surface area (Å²) in [5, 5.41) is 10.1. The molecule has 0 spiro atoms. The number of aryl methyl sites for hydroxylation is 1. The van der Waals surface area contributed by atoms with Crippen LogP contribution in [0.1, 0.15) is 53.5 Å². The van der Waals surface area contributed by atoms with Gasteiger partial charge in [-0.2, -0.15) is 0 Å². The highest BCUT2D eigenvalue weighted by molar-refractivity contribution is 6.01. The Morgan fingerprint density at radius 1 is 0.796 bits per heavy atom. The maximum absolute atomic E-state index is 14.9. The van der Waals surface area contributed by atoms with Crippen molar-refractivity contribution in [2.45, 2.75) is 58.8 Å². The molecule has 0 aliphatic carbocycles. The summed E-state index contributed by atoms with van der Waals surface area (Å²) >= 11 is 0. The number of carbonyl (C=O) groups excluding carboxylic acids is 1. The molecule has 0 saturated carbocycles. The lowest BCUT2D eigenvalue weighted by atomic mass is 9.99. The highest BCUT2D eigenvalue weighted by atomic mass is 16.4. The fourth-order valence-corrected chi connectivity index (χ4v) is 7.01. The quantitative estimate of drug-likeness (QED) is 0.174. The number of rotatable bonds is 9. The number of nitrogens with zero attached hydrogens (tertiary/aromatic N) is 4. The first-order valence-corrected chi connectivity index (χ1v) is 17.1. The fraction of sp³-hybridized carbons (Fsp3) is 0.286. The zero-order chi connectivity index (χ0) is 34.5. The van der Waals surface area contributed by atoms with E-state index in [4.69, 9.17) is 0 Å². The summed E-state index contributed by atoms with van der Waals surface area (Å²) in [6.07, 6.45) is -0.208. The maximum atomic E-state index is 14.9. The zero-order valence-corrected chi connectivity index (χ0v) is 28.9. The summed E-state index contributed by atoms with van der Waals surface area (Å²) in [7, 11) is 0. The summed E-state index contributed by atoms with van der Waals surface area (Å²) in [5.74, 6) is 0.0142. The molecule has 7 heteroatoms. The van der Waals surface area contributed by atoms with Gasteiger partial charge in [0.1, 0.15) is 0 Å². The van der Waals surface area contributed by atoms with Crippen molar-refractivity contribution < 1.29 is 14.7 Å². The van der Waals surface area contributed by atoms with Crippen LogP contribution in [0.25, 0.3) is 16.9 Å². The third-order valence-electron chi connectivity index (χ3n) is 9.45. The third kappa shape index (κ3) is 7.63. The molecule has 2 heterocycles. The van der Waals surface area contributed by atoms with Gasteiger partial charge in [-0.1, -0.05) is 109 Å². The van der Waals surface area contributed by atoms with E-state index in [2.05, 4.69) is 62.9 Å². The molecule has 1 aliphatic rings. The van der Waals surface area contributed by atoms with Crippen LogP contribution in [0.3, 0.4) is 0 Å². The van der Waals surface area contributed by atoms with Crippen LogP contribution in [0.2, 0.25) is 0 Å². The van der Waals surface area contributed by atoms with Crippen LogP contribution in [0.5, 0.6) is 0 Å². The molecule has 7 nitrogen and oxygen atoms in total. The van der Waals surface area contributed by atoms with Crippen LogP contribution >= 0.6 is 0 Å². The average Bonchev–Trinajstić information content (AvgIpc) is 3.44. The van der Waals surface area contributed by atoms with Gasteiger partial charge in [-0.05, 0) is 68.5 Å². The summed E-state index contributed by atoms with van der Waals surface area (Å²) in [6.45, 7) is 11.0. The summed E-state index contributed by atoms with van der Waals surface area (Å²) in [6, 6.07) is 40.9. The Morgan fingerprint density at radius 2 is 1.39 bits per heavy atom. The number of hydrogen-bond acceptors (Lipinski definition) is 3. The number of carbonyl (C=O) groups is 2. The second kappa shape index (κ2) is 14.5. The van der Waals surface area contributed by atoms with E-state index < -0.39 is 11.6 Å². The Kier molecular flexibility index (Phi) is 10.0. The molecule has 0 unspecified atom stereocenters. The maximum Gasteiger partial charge on any atom is 0.408 e. The molecule has 252 valence electrons. The first kappa shape index (κ1) is 33.7. The van der Waals surface area contributed by atoms with Gasteiger partial charge in [0.15, 0.2) is 0 Å². The van der Waals surface area contributed by atoms with E-state index in [9.17, 15) is 14.7 Å². The monoisotopic (exact) mass is 654 g/mol. The van der Waals surface area contributed by atoms with E-state index in [1.807, 2.05) is 100 Å². The molecule has 1 fully saturated rings. The van der Waals surface area contributed by atoms with E-state index in [0.717, 1.165) is 54.3 Å². The van der Waals surface area contributed by atoms with E-state index in [-0.39, 0.29) is 18.5 Å². The van der Waals surface area contributed by atoms with Crippen molar-refractivity contribution in [3.8, 4) is 16.9 Å². The molecule has 1 atom stereocenters. The molecule has 2 amide bonds. The van der Waals surface area contributed by atoms with Crippen LogP contribution in [-0.2, 0) is 19.5 Å². The number of benzene rings is 4. The minimum absolute atomic E-state index is 0.0113. The van der Waals surface area contributed by atoms with E-state index >= 15 is 0 Å². The highest BCUT2D eigenvalue weighted by Gasteiger charge is 2.34. The van der Waals surface area contributed by atoms with Crippen molar-refractivity contribution in [1.29, 1.82) is 0 Å². The van der Waals surface area contributed by atoms with Crippen LogP contribution in [0, 0.1) is 6.92 Å². The van der Waals surface area contributed by atoms with Gasteiger partial charge in [0.25, 0.3) is 5.91 Å². The lowest BCUT2D eigenvalue weighted by Gasteiger charge is -2.42. The molecule has 1 aliphatic heterocycles. The highest BCUT2D eigenvalue weighted by Crippen LogP contribution is 2.35. The molecule has 6 rings (SSSR count). The molecule has 1 aromatic heterocycles. The molecule has 1 N–H and O–H groups in total. The number of para-hydroxylation sites is 1. The summed E-state index contributed by atoms with van der Waals surface area (Å²) < 4.78 is 2.14. The normalized spacial score (nSPS) is 15.3. The SMILES string of the molecule is Cc1cc(C(=O)N2CCN(Cc3ccccc3)C[C@H]2Cc2ccccc2)c(-c2ccccc2)n1-c1ccccc1CN(C(=O)O)C(C)(C)C. The van der Waals surface area contributed by atoms with Crippen LogP contribution < -0.4 is 0 Å². The average molecular weight is 655 g/mol. The fourth-order valence-electron chi connectivity index (χ4n) is 7.01. The predicted octanol–water partition coefficient (Wildman–Crippen LogP) is 8.30. The minimum atomic E-state index is -0.971. The Balaban J connectivity index is 1.41. The number of aromatic nitrogens is 1. The van der Waals surface area contributed by atoms with E-state index in [1.165, 1.54) is 16.0 Å². The third-order valence-corrected chi connectivity index (χ3v) is 9.45. The standard InChI is InChI=1S/C42H46N4O3/c1-31-26-37(40(47)44-25-24-43(28-33-18-10-6-11-19-33)30-36(44)27-32-16-8-5-9-17-32)39(34-20-12-7-13-21-34)46(31)38-23-15-14-22-35(38)29-45(41(48)49)42(2,3)4/h5-23,26,36H,24-25,27-30H2,1-4H3,(H,48,49)/t36-/m1/s1. The van der Waals surface area contributed by atoms with Crippen molar-refractivity contribution in [3.05, 3.63) is 149 Å². The first-order valence-electron chi connectivity index (χ1n) is 17.1. The minimum Gasteiger partial charge on any atom is -0.465 e. The van der Waals surface area contributed by atoms with Crippen molar-refractivity contribution in [1.82, 2.24) is 19.3 Å². The zero-order valence-electron chi connectivity index (χ0n) is 28.9. The molecule has 5 aromatic rings. The van der Waals surface area contributed by atoms with Crippen molar-refractivity contribution in [2.24, 2.45) is 0 Å². The van der Waals surface area contributed by atoms with E-state index in [1.54, 1.807) is 0 Å². The molecule has 0 radical (unpaired) electrons. The predicted molar refractivity (Wildman–Crippen MR) is 196 cm³/mol. The van der Waals surface area contributed by atoms with Crippen LogP contribution in [0.4, 0.5) is 4.79 Å². The Labute approximate surface area is 290 Å². The Morgan fingerprint density at radius 3 is 2.02 bits per heavy atom. The topological polar surface area (TPSA) is 69.0 Å². The number of hydrogen-bond donors (Lipinski definition) is 1. The molecule has 1 saturated heterocycles. The second-order valence-corrected chi connectivity index (χ2v) is 14.0. The first-order chi connectivity index (χ1) is 23.6. The lowest BCUT2D eigenvalue weighted by molar-refractivity contribution is 0.0439. The van der Waals surface area contributed by atoms with Gasteiger partial charge in [-0.25, -0.2) is 4.79 Å². The largest absolute Gasteiger partial charge is 0.465 e. The lowest BCUT2D eigenvalue weighted by Crippen LogP contribution is -2.55. The van der Waals surface area contributed by atoms with Crippen LogP contribution in [0.15, 0.2) is 121 Å². The molecule has 0 bridgehead atoms. The number of piperazine rings is 1. The van der Waals surface area contributed by atoms with Gasteiger partial charge in [-0.3, -0.25) is 14.6 Å². The number of amides is 2. The van der Waals surface area contributed by atoms with Gasteiger partial charge < -0.3 is 14.6 Å². The van der Waals surface area contributed by atoms with E-state index in [0.29, 0.717) is 12.1 Å². The Hall–Kier alpha value is -5.14. The molecular formula is C42H46N4O3. The van der Waals surface area contributed by atoms with Gasteiger partial charge in [0.2, 0.25) is 0 Å². The number of carboxylic acid groups (broad SMARTS) is 1. The van der Waals surface area contributed by atoms with Gasteiger partial charge in [0.05, 0.1) is 23.5 Å². The van der Waals surface area contributed by atoms with Crippen LogP contribution in [-0.4, -0.2) is 67.6 Å². The van der Waals surface area contributed by atoms with Gasteiger partial charge in [0, 0.05) is 43.5 Å². The van der Waals surface area contributed by atoms with Crippen molar-refractivity contribution in [2.75, 3.05) is 19.6 Å². The Bertz CT molecular complexity index is 1880. The van der Waals surface area contributed by atoms with Crippen molar-refractivity contribution >= 4 is 12.0 Å². The summed E-state index contributed by atoms with van der Waals surface area (Å²) in [5.41, 5.74) is 6.93. The molecule has 49 heavy (non-hydrogen) atoms. The molecule has 4 aromatic carbocycles. The smallest absolute Gasteiger partial charge is 0.408 e. The van der Waals surface area contributed by atoms with Crippen molar-refractivity contribution in [3.63, 3.8) is 0 Å². The van der Waals surface area contributed by atoms with Gasteiger partial charge >= 0.3 is 6.09 Å². The summed E-state index contributed by atoms with van der Waals surface area (Å²) in [4.78, 5) is 33.3. The van der Waals surface area contributed by atoms with Gasteiger partial charge in [-0.15, -0.1) is 0 Å².